The Labute approximate surface area is 97.5 Å². The van der Waals surface area contributed by atoms with Crippen LogP contribution in [0.5, 0.6) is 0 Å². The van der Waals surface area contributed by atoms with Crippen LogP contribution in [0.3, 0.4) is 0 Å². The molecule has 0 unspecified atom stereocenters. The van der Waals surface area contributed by atoms with Crippen molar-refractivity contribution in [1.82, 2.24) is 14.8 Å². The van der Waals surface area contributed by atoms with Gasteiger partial charge in [0, 0.05) is 42.0 Å². The quantitative estimate of drug-likeness (QED) is 0.491. The Morgan fingerprint density at radius 3 is 3.12 bits per heavy atom. The van der Waals surface area contributed by atoms with Crippen LogP contribution in [-0.4, -0.2) is 21.3 Å². The van der Waals surface area contributed by atoms with Gasteiger partial charge in [0.15, 0.2) is 0 Å². The van der Waals surface area contributed by atoms with Crippen LogP contribution in [0.4, 0.5) is 5.82 Å². The number of hydrogen-bond acceptors (Lipinski definition) is 4. The highest BCUT2D eigenvalue weighted by molar-refractivity contribution is 5.60. The molecular formula is C10H11N7. The predicted octanol–water partition coefficient (Wildman–Crippen LogP) is 1.84. The number of nitrogen functional groups attached to an aromatic ring is 1. The summed E-state index contributed by atoms with van der Waals surface area (Å²) in [5, 5.41) is 7.76. The number of pyridine rings is 1. The lowest BCUT2D eigenvalue weighted by Gasteiger charge is -1.99. The maximum absolute atomic E-state index is 8.19. The van der Waals surface area contributed by atoms with E-state index in [9.17, 15) is 0 Å². The number of anilines is 1. The normalized spacial score (nSPS) is 9.88. The molecule has 0 aliphatic carbocycles. The van der Waals surface area contributed by atoms with Crippen molar-refractivity contribution in [3.05, 3.63) is 41.0 Å². The van der Waals surface area contributed by atoms with Gasteiger partial charge in [-0.1, -0.05) is 5.11 Å². The summed E-state index contributed by atoms with van der Waals surface area (Å²) < 4.78 is 1.61. The fraction of sp³-hybridized carbons (Fsp3) is 0.200. The van der Waals surface area contributed by atoms with E-state index in [0.29, 0.717) is 18.9 Å². The van der Waals surface area contributed by atoms with E-state index in [1.54, 1.807) is 23.1 Å². The summed E-state index contributed by atoms with van der Waals surface area (Å²) in [7, 11) is 0. The minimum atomic E-state index is 0.328. The van der Waals surface area contributed by atoms with E-state index < -0.39 is 0 Å². The largest absolute Gasteiger partial charge is 0.384 e. The van der Waals surface area contributed by atoms with Gasteiger partial charge in [-0.15, -0.1) is 0 Å². The van der Waals surface area contributed by atoms with Crippen LogP contribution < -0.4 is 5.73 Å². The minimum Gasteiger partial charge on any atom is -0.384 e. The Morgan fingerprint density at radius 2 is 2.41 bits per heavy atom. The first-order valence-electron chi connectivity index (χ1n) is 5.06. The van der Waals surface area contributed by atoms with E-state index in [1.807, 2.05) is 12.1 Å². The second kappa shape index (κ2) is 5.00. The van der Waals surface area contributed by atoms with Gasteiger partial charge < -0.3 is 5.73 Å². The van der Waals surface area contributed by atoms with Crippen LogP contribution in [-0.2, 0) is 6.54 Å². The first-order valence-corrected chi connectivity index (χ1v) is 5.06. The molecule has 2 aromatic rings. The van der Waals surface area contributed by atoms with Crippen molar-refractivity contribution >= 4 is 5.82 Å². The topological polar surface area (TPSA) is 105 Å². The SMILES string of the molecule is [N-]=[N+]=NCCn1nc(-c2cccnc2)cc1N. The molecule has 0 aliphatic rings. The summed E-state index contributed by atoms with van der Waals surface area (Å²) in [5.74, 6) is 0.539. The Kier molecular flexibility index (Phi) is 3.23. The second-order valence-electron chi connectivity index (χ2n) is 3.37. The van der Waals surface area contributed by atoms with Gasteiger partial charge in [0.05, 0.1) is 5.69 Å². The molecule has 0 aromatic carbocycles. The third-order valence-electron chi connectivity index (χ3n) is 2.24. The average molecular weight is 229 g/mol. The summed E-state index contributed by atoms with van der Waals surface area (Å²) in [5.41, 5.74) is 15.7. The smallest absolute Gasteiger partial charge is 0.122 e. The molecule has 0 amide bonds. The summed E-state index contributed by atoms with van der Waals surface area (Å²) >= 11 is 0. The molecule has 0 saturated carbocycles. The summed E-state index contributed by atoms with van der Waals surface area (Å²) in [4.78, 5) is 6.70. The van der Waals surface area contributed by atoms with Gasteiger partial charge in [-0.2, -0.15) is 5.10 Å². The lowest BCUT2D eigenvalue weighted by atomic mass is 10.2. The van der Waals surface area contributed by atoms with Crippen molar-refractivity contribution < 1.29 is 0 Å². The van der Waals surface area contributed by atoms with Crippen LogP contribution in [0.25, 0.3) is 21.7 Å². The van der Waals surface area contributed by atoms with Crippen molar-refractivity contribution in [3.8, 4) is 11.3 Å². The van der Waals surface area contributed by atoms with Crippen molar-refractivity contribution in [2.75, 3.05) is 12.3 Å². The van der Waals surface area contributed by atoms with E-state index >= 15 is 0 Å². The first-order chi connectivity index (χ1) is 8.31. The van der Waals surface area contributed by atoms with Crippen LogP contribution in [0.1, 0.15) is 0 Å². The molecule has 2 N–H and O–H groups in total. The lowest BCUT2D eigenvalue weighted by molar-refractivity contribution is 0.634. The molecule has 2 aromatic heterocycles. The number of rotatable bonds is 4. The zero-order valence-electron chi connectivity index (χ0n) is 9.06. The van der Waals surface area contributed by atoms with Crippen LogP contribution in [0, 0.1) is 0 Å². The predicted molar refractivity (Wildman–Crippen MR) is 63.9 cm³/mol. The standard InChI is InChI=1S/C10H11N7/c11-10-6-9(8-2-1-3-13-7-8)15-17(10)5-4-14-16-12/h1-3,6-7H,4-5,11H2. The molecule has 0 saturated heterocycles. The number of nitrogens with zero attached hydrogens (tertiary/aromatic N) is 6. The van der Waals surface area contributed by atoms with Crippen LogP contribution in [0.2, 0.25) is 0 Å². The molecule has 0 fully saturated rings. The van der Waals surface area contributed by atoms with Crippen molar-refractivity contribution in [2.24, 2.45) is 5.11 Å². The van der Waals surface area contributed by atoms with E-state index in [0.717, 1.165) is 11.3 Å². The van der Waals surface area contributed by atoms with Gasteiger partial charge in [-0.3, -0.25) is 4.98 Å². The molecule has 0 atom stereocenters. The number of aromatic nitrogens is 3. The summed E-state index contributed by atoms with van der Waals surface area (Å²) in [6.07, 6.45) is 3.42. The molecule has 86 valence electrons. The van der Waals surface area contributed by atoms with Crippen LogP contribution >= 0.6 is 0 Å². The molecule has 7 heteroatoms. The highest BCUT2D eigenvalue weighted by Crippen LogP contribution is 2.18. The number of azide groups is 1. The van der Waals surface area contributed by atoms with Gasteiger partial charge in [-0.25, -0.2) is 4.68 Å². The Bertz CT molecular complexity index is 539. The van der Waals surface area contributed by atoms with Crippen molar-refractivity contribution in [3.63, 3.8) is 0 Å². The van der Waals surface area contributed by atoms with E-state index in [-0.39, 0.29) is 0 Å². The van der Waals surface area contributed by atoms with Crippen LogP contribution in [0.15, 0.2) is 35.7 Å². The third kappa shape index (κ3) is 2.53. The maximum Gasteiger partial charge on any atom is 0.122 e. The Balaban J connectivity index is 2.21. The van der Waals surface area contributed by atoms with E-state index in [2.05, 4.69) is 20.1 Å². The first kappa shape index (κ1) is 11.0. The Morgan fingerprint density at radius 1 is 1.53 bits per heavy atom. The maximum atomic E-state index is 8.19. The summed E-state index contributed by atoms with van der Waals surface area (Å²) in [6, 6.07) is 5.52. The van der Waals surface area contributed by atoms with E-state index in [1.165, 1.54) is 0 Å². The fourth-order valence-corrected chi connectivity index (χ4v) is 1.45. The van der Waals surface area contributed by atoms with Gasteiger partial charge in [0.2, 0.25) is 0 Å². The number of nitrogens with two attached hydrogens (primary N) is 1. The number of hydrogen-bond donors (Lipinski definition) is 1. The van der Waals surface area contributed by atoms with Gasteiger partial charge in [0.25, 0.3) is 0 Å². The van der Waals surface area contributed by atoms with E-state index in [4.69, 9.17) is 11.3 Å². The highest BCUT2D eigenvalue weighted by Gasteiger charge is 2.06. The van der Waals surface area contributed by atoms with Crippen molar-refractivity contribution in [2.45, 2.75) is 6.54 Å². The molecule has 2 heterocycles. The average Bonchev–Trinajstić information content (AvgIpc) is 2.73. The molecule has 0 aliphatic heterocycles. The molecule has 7 nitrogen and oxygen atoms in total. The second-order valence-corrected chi connectivity index (χ2v) is 3.37. The zero-order chi connectivity index (χ0) is 12.1. The zero-order valence-corrected chi connectivity index (χ0v) is 9.06. The van der Waals surface area contributed by atoms with Gasteiger partial charge in [-0.05, 0) is 17.7 Å². The minimum absolute atomic E-state index is 0.328. The molecule has 0 spiro atoms. The third-order valence-corrected chi connectivity index (χ3v) is 2.24. The molecule has 17 heavy (non-hydrogen) atoms. The molecule has 0 bridgehead atoms. The highest BCUT2D eigenvalue weighted by atomic mass is 15.3. The molecule has 0 radical (unpaired) electrons. The Hall–Kier alpha value is -2.53. The fourth-order valence-electron chi connectivity index (χ4n) is 1.45. The lowest BCUT2D eigenvalue weighted by Crippen LogP contribution is -2.06. The van der Waals surface area contributed by atoms with Gasteiger partial charge >= 0.3 is 0 Å². The monoisotopic (exact) mass is 229 g/mol. The van der Waals surface area contributed by atoms with Gasteiger partial charge in [0.1, 0.15) is 5.82 Å². The molecule has 2 rings (SSSR count). The molecular weight excluding hydrogens is 218 g/mol. The summed E-state index contributed by atoms with van der Waals surface area (Å²) in [6.45, 7) is 0.797. The van der Waals surface area contributed by atoms with Crippen molar-refractivity contribution in [1.29, 1.82) is 0 Å².